The molecular formula is C28H25Cl. The van der Waals surface area contributed by atoms with Crippen LogP contribution in [0, 0.1) is 0 Å². The summed E-state index contributed by atoms with van der Waals surface area (Å²) in [7, 11) is 0. The average molecular weight is 397 g/mol. The van der Waals surface area contributed by atoms with Gasteiger partial charge in [0.1, 0.15) is 0 Å². The van der Waals surface area contributed by atoms with E-state index < -0.39 is 0 Å². The van der Waals surface area contributed by atoms with E-state index in [9.17, 15) is 0 Å². The molecule has 3 aromatic rings. The van der Waals surface area contributed by atoms with Gasteiger partial charge in [0.25, 0.3) is 0 Å². The van der Waals surface area contributed by atoms with E-state index in [1.54, 1.807) is 0 Å². The first kappa shape index (κ1) is 19.5. The molecule has 0 unspecified atom stereocenters. The molecule has 1 aliphatic carbocycles. The van der Waals surface area contributed by atoms with Crippen molar-refractivity contribution in [3.8, 4) is 11.1 Å². The zero-order valence-corrected chi connectivity index (χ0v) is 17.4. The fraction of sp³-hybridized carbons (Fsp3) is 0.143. The number of hydrogen-bond acceptors (Lipinski definition) is 0. The first-order valence-corrected chi connectivity index (χ1v) is 10.6. The highest BCUT2D eigenvalue weighted by atomic mass is 35.5. The molecule has 0 fully saturated rings. The molecule has 0 amide bonds. The van der Waals surface area contributed by atoms with Crippen molar-refractivity contribution in [2.24, 2.45) is 0 Å². The average Bonchev–Trinajstić information content (AvgIpc) is 3.01. The minimum atomic E-state index is 0.521. The Bertz CT molecular complexity index is 1040. The number of allylic oxidation sites excluding steroid dienone is 6. The predicted molar refractivity (Wildman–Crippen MR) is 126 cm³/mol. The Kier molecular flexibility index (Phi) is 6.12. The minimum absolute atomic E-state index is 0.521. The van der Waals surface area contributed by atoms with Crippen molar-refractivity contribution in [2.75, 3.05) is 0 Å². The van der Waals surface area contributed by atoms with Gasteiger partial charge in [-0.1, -0.05) is 115 Å². The summed E-state index contributed by atoms with van der Waals surface area (Å²) in [6, 6.07) is 27.5. The lowest BCUT2D eigenvalue weighted by molar-refractivity contribution is 0.760. The first-order valence-electron chi connectivity index (χ1n) is 10.2. The molecular weight excluding hydrogens is 372 g/mol. The maximum Gasteiger partial charge on any atom is 0.0406 e. The maximum atomic E-state index is 6.00. The van der Waals surface area contributed by atoms with Crippen LogP contribution in [0.15, 0.2) is 109 Å². The Balaban J connectivity index is 1.44. The van der Waals surface area contributed by atoms with Gasteiger partial charge in [-0.15, -0.1) is 0 Å². The van der Waals surface area contributed by atoms with Crippen molar-refractivity contribution in [3.63, 3.8) is 0 Å². The van der Waals surface area contributed by atoms with Gasteiger partial charge in [0.05, 0.1) is 0 Å². The number of halogens is 1. The highest BCUT2D eigenvalue weighted by Gasteiger charge is 2.09. The predicted octanol–water partition coefficient (Wildman–Crippen LogP) is 8.47. The van der Waals surface area contributed by atoms with Crippen molar-refractivity contribution >= 4 is 17.2 Å². The molecule has 29 heavy (non-hydrogen) atoms. The molecule has 0 heterocycles. The summed E-state index contributed by atoms with van der Waals surface area (Å²) < 4.78 is 0. The summed E-state index contributed by atoms with van der Waals surface area (Å²) in [6.45, 7) is 2.30. The van der Waals surface area contributed by atoms with Gasteiger partial charge in [0, 0.05) is 5.02 Å². The molecule has 0 saturated carbocycles. The molecule has 0 radical (unpaired) electrons. The van der Waals surface area contributed by atoms with Gasteiger partial charge < -0.3 is 0 Å². The van der Waals surface area contributed by atoms with Gasteiger partial charge in [-0.2, -0.15) is 0 Å². The second kappa shape index (κ2) is 9.11. The molecule has 0 nitrogen and oxygen atoms in total. The lowest BCUT2D eigenvalue weighted by Gasteiger charge is -2.12. The summed E-state index contributed by atoms with van der Waals surface area (Å²) in [6.07, 6.45) is 11.2. The largest absolute Gasteiger partial charge is 0.0843 e. The molecule has 144 valence electrons. The molecule has 1 aliphatic rings. The third kappa shape index (κ3) is 4.96. The molecule has 0 saturated heterocycles. The Hall–Kier alpha value is -2.83. The highest BCUT2D eigenvalue weighted by molar-refractivity contribution is 6.30. The van der Waals surface area contributed by atoms with E-state index in [2.05, 4.69) is 98.0 Å². The SMILES string of the molecule is C[C@@H](CC1=CCC=C(c2ccc(-c3ccc(Cl)cc3)cc2)C=C1)c1ccccc1. The highest BCUT2D eigenvalue weighted by Crippen LogP contribution is 2.29. The molecule has 3 aromatic carbocycles. The summed E-state index contributed by atoms with van der Waals surface area (Å²) in [5.41, 5.74) is 7.74. The van der Waals surface area contributed by atoms with Gasteiger partial charge >= 0.3 is 0 Å². The van der Waals surface area contributed by atoms with E-state index in [1.807, 2.05) is 12.1 Å². The standard InChI is InChI=1S/C28H25Cl/c1-21(23-7-3-2-4-8-23)20-22-6-5-9-24(11-10-22)25-12-14-26(15-13-25)27-16-18-28(29)19-17-27/h2-4,6-19,21H,5,20H2,1H3/t21-/m0/s1. The van der Waals surface area contributed by atoms with Crippen molar-refractivity contribution in [2.45, 2.75) is 25.7 Å². The van der Waals surface area contributed by atoms with E-state index >= 15 is 0 Å². The fourth-order valence-corrected chi connectivity index (χ4v) is 3.91. The van der Waals surface area contributed by atoms with Gasteiger partial charge in [-0.05, 0) is 58.7 Å². The van der Waals surface area contributed by atoms with Crippen molar-refractivity contribution in [1.29, 1.82) is 0 Å². The molecule has 0 aliphatic heterocycles. The molecule has 4 rings (SSSR count). The zero-order valence-electron chi connectivity index (χ0n) is 16.7. The van der Waals surface area contributed by atoms with Crippen LogP contribution in [-0.2, 0) is 0 Å². The van der Waals surface area contributed by atoms with Crippen LogP contribution in [0.25, 0.3) is 16.7 Å². The van der Waals surface area contributed by atoms with Crippen LogP contribution >= 0.6 is 11.6 Å². The summed E-state index contributed by atoms with van der Waals surface area (Å²) in [5.74, 6) is 0.521. The van der Waals surface area contributed by atoms with Crippen LogP contribution in [0.2, 0.25) is 5.02 Å². The minimum Gasteiger partial charge on any atom is -0.0843 e. The molecule has 0 spiro atoms. The number of rotatable bonds is 5. The maximum absolute atomic E-state index is 6.00. The lowest BCUT2D eigenvalue weighted by Crippen LogP contribution is -1.94. The Labute approximate surface area is 178 Å². The lowest BCUT2D eigenvalue weighted by atomic mass is 9.93. The third-order valence-corrected chi connectivity index (χ3v) is 5.75. The number of benzene rings is 3. The van der Waals surface area contributed by atoms with E-state index in [0.29, 0.717) is 5.92 Å². The van der Waals surface area contributed by atoms with Crippen LogP contribution in [-0.4, -0.2) is 0 Å². The van der Waals surface area contributed by atoms with Gasteiger partial charge in [0.2, 0.25) is 0 Å². The van der Waals surface area contributed by atoms with Crippen LogP contribution < -0.4 is 0 Å². The molecule has 0 bridgehead atoms. The second-order valence-electron chi connectivity index (χ2n) is 7.61. The van der Waals surface area contributed by atoms with Crippen LogP contribution in [0.1, 0.15) is 36.8 Å². The van der Waals surface area contributed by atoms with E-state index in [0.717, 1.165) is 17.9 Å². The second-order valence-corrected chi connectivity index (χ2v) is 8.04. The van der Waals surface area contributed by atoms with E-state index in [-0.39, 0.29) is 0 Å². The third-order valence-electron chi connectivity index (χ3n) is 5.50. The summed E-state index contributed by atoms with van der Waals surface area (Å²) in [5, 5.41) is 0.768. The van der Waals surface area contributed by atoms with Crippen molar-refractivity contribution in [1.82, 2.24) is 0 Å². The van der Waals surface area contributed by atoms with Crippen LogP contribution in [0.4, 0.5) is 0 Å². The zero-order chi connectivity index (χ0) is 20.1. The van der Waals surface area contributed by atoms with E-state index in [4.69, 9.17) is 11.6 Å². The molecule has 1 heteroatoms. The van der Waals surface area contributed by atoms with Gasteiger partial charge in [0.15, 0.2) is 0 Å². The van der Waals surface area contributed by atoms with Gasteiger partial charge in [-0.25, -0.2) is 0 Å². The Morgan fingerprint density at radius 2 is 1.34 bits per heavy atom. The monoisotopic (exact) mass is 396 g/mol. The molecule has 0 N–H and O–H groups in total. The van der Waals surface area contributed by atoms with Crippen LogP contribution in [0.3, 0.4) is 0 Å². The Morgan fingerprint density at radius 1 is 0.724 bits per heavy atom. The van der Waals surface area contributed by atoms with E-state index in [1.165, 1.54) is 33.4 Å². The smallest absolute Gasteiger partial charge is 0.0406 e. The summed E-state index contributed by atoms with van der Waals surface area (Å²) >= 11 is 6.00. The van der Waals surface area contributed by atoms with Crippen LogP contribution in [0.5, 0.6) is 0 Å². The molecule has 0 aromatic heterocycles. The fourth-order valence-electron chi connectivity index (χ4n) is 3.79. The summed E-state index contributed by atoms with van der Waals surface area (Å²) in [4.78, 5) is 0. The van der Waals surface area contributed by atoms with Gasteiger partial charge in [-0.3, -0.25) is 0 Å². The topological polar surface area (TPSA) is 0 Å². The quantitative estimate of drug-likeness (QED) is 0.405. The first-order chi connectivity index (χ1) is 14.2. The molecule has 1 atom stereocenters. The van der Waals surface area contributed by atoms with Crippen molar-refractivity contribution < 1.29 is 0 Å². The Morgan fingerprint density at radius 3 is 2.03 bits per heavy atom. The number of hydrogen-bond donors (Lipinski definition) is 0. The normalized spacial score (nSPS) is 14.7. The van der Waals surface area contributed by atoms with Crippen molar-refractivity contribution in [3.05, 3.63) is 125 Å².